The number of primary amides is 1. The molecule has 3 atom stereocenters. The molecule has 9 heteroatoms. The average Bonchev–Trinajstić information content (AvgIpc) is 2.81. The third kappa shape index (κ3) is 7.80. The molecule has 186 valence electrons. The van der Waals surface area contributed by atoms with Crippen LogP contribution in [0.25, 0.3) is 11.0 Å². The summed E-state index contributed by atoms with van der Waals surface area (Å²) in [4.78, 5) is 33.6. The van der Waals surface area contributed by atoms with Crippen molar-refractivity contribution in [2.75, 3.05) is 0 Å². The lowest BCUT2D eigenvalue weighted by Gasteiger charge is -2.28. The van der Waals surface area contributed by atoms with Crippen LogP contribution in [0.15, 0.2) is 54.7 Å². The Morgan fingerprint density at radius 1 is 1.11 bits per heavy atom. The number of nitrogens with two attached hydrogens (primary N) is 1. The molecule has 0 saturated heterocycles. The fourth-order valence-corrected chi connectivity index (χ4v) is 3.83. The number of rotatable bonds is 11. The second-order valence-corrected chi connectivity index (χ2v) is 9.41. The monoisotopic (exact) mass is 482 g/mol. The van der Waals surface area contributed by atoms with Gasteiger partial charge in [0, 0.05) is 5.92 Å². The van der Waals surface area contributed by atoms with Crippen LogP contribution in [0.2, 0.25) is 0 Å². The van der Waals surface area contributed by atoms with Crippen molar-refractivity contribution < 1.29 is 24.2 Å². The van der Waals surface area contributed by atoms with Crippen molar-refractivity contribution in [2.45, 2.75) is 57.3 Å². The number of nitrogens with zero attached hydrogens (tertiary/aromatic N) is 2. The minimum absolute atomic E-state index is 0.0129. The van der Waals surface area contributed by atoms with Gasteiger partial charge < -0.3 is 21.3 Å². The van der Waals surface area contributed by atoms with Crippen molar-refractivity contribution in [3.05, 3.63) is 71.8 Å². The van der Waals surface area contributed by atoms with Gasteiger partial charge >= 0.3 is 0 Å². The zero-order chi connectivity index (χ0) is 25.6. The number of para-hydroxylation sites is 2. The first-order valence-electron chi connectivity index (χ1n) is 11.5. The van der Waals surface area contributed by atoms with E-state index in [1.54, 1.807) is 44.2 Å². The fraction of sp³-hybridized carbons (Fsp3) is 0.385. The van der Waals surface area contributed by atoms with E-state index in [1.165, 1.54) is 18.3 Å². The van der Waals surface area contributed by atoms with Crippen LogP contribution in [0.5, 0.6) is 0 Å². The van der Waals surface area contributed by atoms with E-state index in [4.69, 9.17) is 5.73 Å². The molecule has 0 spiro atoms. The van der Waals surface area contributed by atoms with Crippen molar-refractivity contribution in [2.24, 2.45) is 11.7 Å². The van der Waals surface area contributed by atoms with Crippen LogP contribution in [0, 0.1) is 11.7 Å². The van der Waals surface area contributed by atoms with Crippen LogP contribution in [0.1, 0.15) is 49.2 Å². The highest BCUT2D eigenvalue weighted by atomic mass is 19.1. The number of hydrogen-bond acceptors (Lipinski definition) is 6. The molecule has 3 rings (SSSR count). The number of halogens is 1. The van der Waals surface area contributed by atoms with Crippen molar-refractivity contribution in [3.8, 4) is 0 Å². The molecule has 0 aliphatic rings. The Balaban J connectivity index is 1.80. The summed E-state index contributed by atoms with van der Waals surface area (Å²) in [5.41, 5.74) is 6.52. The number of carbonyl (C=O) groups is 2. The molecule has 0 unspecified atom stereocenters. The molecular weight excluding hydrogens is 451 g/mol. The Kier molecular flexibility index (Phi) is 8.48. The van der Waals surface area contributed by atoms with Crippen LogP contribution in [0.3, 0.4) is 0 Å². The lowest BCUT2D eigenvalue weighted by molar-refractivity contribution is -0.123. The summed E-state index contributed by atoms with van der Waals surface area (Å²) in [7, 11) is 0. The van der Waals surface area contributed by atoms with E-state index in [1.807, 2.05) is 6.07 Å². The predicted octanol–water partition coefficient (Wildman–Crippen LogP) is 2.51. The van der Waals surface area contributed by atoms with E-state index in [9.17, 15) is 24.2 Å². The molecule has 2 aromatic carbocycles. The normalized spacial score (nSPS) is 14.3. The van der Waals surface area contributed by atoms with Gasteiger partial charge in [0.05, 0.1) is 35.0 Å². The summed E-state index contributed by atoms with van der Waals surface area (Å²) in [5.74, 6) is -2.24. The van der Waals surface area contributed by atoms with Crippen LogP contribution < -0.4 is 11.1 Å². The van der Waals surface area contributed by atoms with Gasteiger partial charge in [0.1, 0.15) is 11.5 Å². The summed E-state index contributed by atoms with van der Waals surface area (Å²) in [6, 6.07) is 12.0. The first kappa shape index (κ1) is 26.2. The summed E-state index contributed by atoms with van der Waals surface area (Å²) < 4.78 is 13.4. The summed E-state index contributed by atoms with van der Waals surface area (Å²) in [5, 5.41) is 23.9. The van der Waals surface area contributed by atoms with Crippen LogP contribution in [-0.2, 0) is 11.2 Å². The van der Waals surface area contributed by atoms with Crippen LogP contribution >= 0.6 is 0 Å². The van der Waals surface area contributed by atoms with Crippen molar-refractivity contribution in [1.29, 1.82) is 0 Å². The number of amides is 2. The minimum atomic E-state index is -1.14. The molecule has 3 aromatic rings. The van der Waals surface area contributed by atoms with Gasteiger partial charge in [-0.2, -0.15) is 0 Å². The summed E-state index contributed by atoms with van der Waals surface area (Å²) >= 11 is 0. The Morgan fingerprint density at radius 3 is 2.40 bits per heavy atom. The first-order chi connectivity index (χ1) is 16.5. The number of aromatic nitrogens is 2. The molecule has 1 aromatic heterocycles. The maximum Gasteiger partial charge on any atom is 0.271 e. The molecule has 0 bridgehead atoms. The highest BCUT2D eigenvalue weighted by molar-refractivity contribution is 5.94. The van der Waals surface area contributed by atoms with Gasteiger partial charge in [0.15, 0.2) is 0 Å². The molecule has 2 amide bonds. The number of benzene rings is 2. The summed E-state index contributed by atoms with van der Waals surface area (Å²) in [6.45, 7) is 3.26. The van der Waals surface area contributed by atoms with E-state index in [0.717, 1.165) is 0 Å². The van der Waals surface area contributed by atoms with Crippen molar-refractivity contribution >= 4 is 22.8 Å². The Hall–Kier alpha value is -3.43. The Bertz CT molecular complexity index is 1160. The van der Waals surface area contributed by atoms with Gasteiger partial charge in [0.25, 0.3) is 5.91 Å². The van der Waals surface area contributed by atoms with Gasteiger partial charge in [-0.05, 0) is 69.4 Å². The number of aliphatic hydroxyl groups excluding tert-OH is 1. The fourth-order valence-electron chi connectivity index (χ4n) is 3.83. The quantitative estimate of drug-likeness (QED) is 0.331. The highest BCUT2D eigenvalue weighted by Gasteiger charge is 2.29. The van der Waals surface area contributed by atoms with Gasteiger partial charge in [-0.15, -0.1) is 0 Å². The molecule has 35 heavy (non-hydrogen) atoms. The Morgan fingerprint density at radius 2 is 1.77 bits per heavy atom. The van der Waals surface area contributed by atoms with E-state index < -0.39 is 41.3 Å². The van der Waals surface area contributed by atoms with E-state index in [0.29, 0.717) is 23.0 Å². The second kappa shape index (κ2) is 11.3. The predicted molar refractivity (Wildman–Crippen MR) is 130 cm³/mol. The van der Waals surface area contributed by atoms with Crippen molar-refractivity contribution in [3.63, 3.8) is 0 Å². The zero-order valence-corrected chi connectivity index (χ0v) is 19.8. The first-order valence-corrected chi connectivity index (χ1v) is 11.5. The third-order valence-electron chi connectivity index (χ3n) is 5.86. The number of fused-ring (bicyclic) bond motifs is 1. The van der Waals surface area contributed by atoms with Gasteiger partial charge in [-0.1, -0.05) is 24.3 Å². The molecular formula is C26H31FN4O4. The lowest BCUT2D eigenvalue weighted by atomic mass is 9.87. The molecule has 0 fully saturated rings. The van der Waals surface area contributed by atoms with Crippen LogP contribution in [-0.4, -0.2) is 49.7 Å². The largest absolute Gasteiger partial charge is 0.391 e. The lowest BCUT2D eigenvalue weighted by Crippen LogP contribution is -2.46. The molecule has 1 heterocycles. The summed E-state index contributed by atoms with van der Waals surface area (Å²) in [6.07, 6.45) is 0.982. The maximum absolute atomic E-state index is 13.4. The Labute approximate surface area is 203 Å². The number of nitrogens with one attached hydrogen (secondary N) is 1. The van der Waals surface area contributed by atoms with Crippen molar-refractivity contribution in [1.82, 2.24) is 15.3 Å². The smallest absolute Gasteiger partial charge is 0.271 e. The molecule has 8 nitrogen and oxygen atoms in total. The average molecular weight is 483 g/mol. The number of carbonyl (C=O) groups excluding carboxylic acids is 2. The number of aliphatic hydroxyl groups is 2. The van der Waals surface area contributed by atoms with Gasteiger partial charge in [0.2, 0.25) is 5.91 Å². The SMILES string of the molecule is CC(C)(O)CC[C@H](C[C@H](O)[C@H](Cc1ccc(F)cc1)NC(=O)c1cnc2ccccc2n1)C(N)=O. The molecule has 0 radical (unpaired) electrons. The second-order valence-electron chi connectivity index (χ2n) is 9.41. The standard InChI is InChI=1S/C26H31FN4O4/c1-26(2,35)12-11-17(24(28)33)14-23(32)21(13-16-7-9-18(27)10-8-16)31-25(34)22-15-29-19-5-3-4-6-20(19)30-22/h3-10,15,17,21,23,32,35H,11-14H2,1-2H3,(H2,28,33)(H,31,34)/t17-,21+,23+/m1/s1. The maximum atomic E-state index is 13.4. The topological polar surface area (TPSA) is 138 Å². The molecule has 0 saturated carbocycles. The molecule has 0 aliphatic carbocycles. The molecule has 5 N–H and O–H groups in total. The third-order valence-corrected chi connectivity index (χ3v) is 5.86. The van der Waals surface area contributed by atoms with Crippen LogP contribution in [0.4, 0.5) is 4.39 Å². The minimum Gasteiger partial charge on any atom is -0.391 e. The van der Waals surface area contributed by atoms with Gasteiger partial charge in [-0.3, -0.25) is 14.6 Å². The number of hydrogen-bond donors (Lipinski definition) is 4. The van der Waals surface area contributed by atoms with E-state index in [-0.39, 0.29) is 25.0 Å². The van der Waals surface area contributed by atoms with E-state index in [2.05, 4.69) is 15.3 Å². The zero-order valence-electron chi connectivity index (χ0n) is 19.8. The highest BCUT2D eigenvalue weighted by Crippen LogP contribution is 2.22. The molecule has 0 aliphatic heterocycles. The van der Waals surface area contributed by atoms with Gasteiger partial charge in [-0.25, -0.2) is 9.37 Å². The van der Waals surface area contributed by atoms with E-state index >= 15 is 0 Å².